The number of nitrogens with two attached hydrogens (primary N) is 1. The Morgan fingerprint density at radius 2 is 2.05 bits per heavy atom. The van der Waals surface area contributed by atoms with Crippen LogP contribution in [0.3, 0.4) is 0 Å². The van der Waals surface area contributed by atoms with Gasteiger partial charge in [-0.2, -0.15) is 0 Å². The van der Waals surface area contributed by atoms with Crippen LogP contribution in [0.1, 0.15) is 32.4 Å². The molecule has 0 radical (unpaired) electrons. The van der Waals surface area contributed by atoms with Gasteiger partial charge in [0.25, 0.3) is 5.91 Å². The molecular weight excluding hydrogens is 308 g/mol. The molecule has 0 fully saturated rings. The summed E-state index contributed by atoms with van der Waals surface area (Å²) in [5, 5.41) is 0. The molecule has 0 heterocycles. The number of nitrogens with zero attached hydrogens (tertiary/aromatic N) is 1. The first-order valence-electron chi connectivity index (χ1n) is 6.26. The normalized spacial score (nSPS) is 12.4. The standard InChI is InChI=1S/C14H21BrN2O2/c1-9(2)17(4)14(18)8-19-13-7-11(15)5-6-12(13)10(3)16/h5-7,9-10H,8,16H2,1-4H3/t10-/m1/s1. The average Bonchev–Trinajstić information content (AvgIpc) is 2.34. The number of carbonyl (C=O) groups is 1. The van der Waals surface area contributed by atoms with Crippen molar-refractivity contribution in [1.82, 2.24) is 4.90 Å². The van der Waals surface area contributed by atoms with E-state index in [9.17, 15) is 4.79 Å². The Balaban J connectivity index is 2.77. The van der Waals surface area contributed by atoms with Gasteiger partial charge in [-0.05, 0) is 32.9 Å². The molecule has 2 N–H and O–H groups in total. The zero-order chi connectivity index (χ0) is 14.6. The van der Waals surface area contributed by atoms with E-state index in [4.69, 9.17) is 10.5 Å². The molecule has 0 spiro atoms. The molecule has 19 heavy (non-hydrogen) atoms. The van der Waals surface area contributed by atoms with Gasteiger partial charge in [-0.3, -0.25) is 4.79 Å². The highest BCUT2D eigenvalue weighted by Gasteiger charge is 2.14. The fraction of sp³-hybridized carbons (Fsp3) is 0.500. The van der Waals surface area contributed by atoms with Crippen LogP contribution in [-0.2, 0) is 4.79 Å². The van der Waals surface area contributed by atoms with Crippen molar-refractivity contribution in [3.63, 3.8) is 0 Å². The molecule has 0 bridgehead atoms. The van der Waals surface area contributed by atoms with Gasteiger partial charge >= 0.3 is 0 Å². The summed E-state index contributed by atoms with van der Waals surface area (Å²) in [6.07, 6.45) is 0. The minimum absolute atomic E-state index is 0.0187. The SMILES string of the molecule is CC(C)N(C)C(=O)COc1cc(Br)ccc1[C@@H](C)N. The first-order chi connectivity index (χ1) is 8.82. The molecule has 106 valence electrons. The third-order valence-corrected chi connectivity index (χ3v) is 3.48. The van der Waals surface area contributed by atoms with E-state index in [0.717, 1.165) is 10.0 Å². The molecular formula is C14H21BrN2O2. The van der Waals surface area contributed by atoms with Gasteiger partial charge in [0.15, 0.2) is 6.61 Å². The maximum Gasteiger partial charge on any atom is 0.260 e. The number of rotatable bonds is 5. The zero-order valence-electron chi connectivity index (χ0n) is 11.8. The smallest absolute Gasteiger partial charge is 0.260 e. The first kappa shape index (κ1) is 16.0. The van der Waals surface area contributed by atoms with Crippen molar-refractivity contribution in [3.05, 3.63) is 28.2 Å². The van der Waals surface area contributed by atoms with Gasteiger partial charge in [0.05, 0.1) is 0 Å². The van der Waals surface area contributed by atoms with Crippen LogP contribution in [0.4, 0.5) is 0 Å². The summed E-state index contributed by atoms with van der Waals surface area (Å²) in [5.41, 5.74) is 6.78. The number of hydrogen-bond donors (Lipinski definition) is 1. The Morgan fingerprint density at radius 3 is 2.58 bits per heavy atom. The topological polar surface area (TPSA) is 55.6 Å². The van der Waals surface area contributed by atoms with Crippen LogP contribution in [0.25, 0.3) is 0 Å². The quantitative estimate of drug-likeness (QED) is 0.904. The van der Waals surface area contributed by atoms with Crippen LogP contribution in [0.5, 0.6) is 5.75 Å². The first-order valence-corrected chi connectivity index (χ1v) is 7.05. The van der Waals surface area contributed by atoms with Crippen LogP contribution in [0, 0.1) is 0 Å². The second kappa shape index (κ2) is 6.91. The van der Waals surface area contributed by atoms with E-state index in [1.54, 1.807) is 11.9 Å². The molecule has 1 aromatic carbocycles. The van der Waals surface area contributed by atoms with Gasteiger partial charge < -0.3 is 15.4 Å². The largest absolute Gasteiger partial charge is 0.483 e. The maximum absolute atomic E-state index is 11.9. The molecule has 1 rings (SSSR count). The summed E-state index contributed by atoms with van der Waals surface area (Å²) in [7, 11) is 1.77. The third-order valence-electron chi connectivity index (χ3n) is 2.99. The highest BCUT2D eigenvalue weighted by Crippen LogP contribution is 2.27. The third kappa shape index (κ3) is 4.51. The number of hydrogen-bond acceptors (Lipinski definition) is 3. The summed E-state index contributed by atoms with van der Waals surface area (Å²) >= 11 is 3.39. The number of halogens is 1. The molecule has 1 atom stereocenters. The van der Waals surface area contributed by atoms with Crippen molar-refractivity contribution in [2.45, 2.75) is 32.9 Å². The van der Waals surface area contributed by atoms with Crippen LogP contribution in [-0.4, -0.2) is 30.5 Å². The molecule has 1 amide bonds. The highest BCUT2D eigenvalue weighted by molar-refractivity contribution is 9.10. The van der Waals surface area contributed by atoms with Crippen molar-refractivity contribution in [2.24, 2.45) is 5.73 Å². The van der Waals surface area contributed by atoms with Crippen molar-refractivity contribution >= 4 is 21.8 Å². The van der Waals surface area contributed by atoms with E-state index in [-0.39, 0.29) is 24.6 Å². The molecule has 0 aliphatic carbocycles. The summed E-state index contributed by atoms with van der Waals surface area (Å²) < 4.78 is 6.51. The molecule has 0 aliphatic heterocycles. The second-order valence-corrected chi connectivity index (χ2v) is 5.77. The van der Waals surface area contributed by atoms with Crippen molar-refractivity contribution in [2.75, 3.05) is 13.7 Å². The maximum atomic E-state index is 11.9. The molecule has 5 heteroatoms. The molecule has 0 unspecified atom stereocenters. The number of carbonyl (C=O) groups excluding carboxylic acids is 1. The number of ether oxygens (including phenoxy) is 1. The second-order valence-electron chi connectivity index (χ2n) is 4.86. The Labute approximate surface area is 123 Å². The summed E-state index contributed by atoms with van der Waals surface area (Å²) in [6, 6.07) is 5.67. The van der Waals surface area contributed by atoms with Gasteiger partial charge in [0.1, 0.15) is 5.75 Å². The lowest BCUT2D eigenvalue weighted by Gasteiger charge is -2.22. The summed E-state index contributed by atoms with van der Waals surface area (Å²) in [6.45, 7) is 5.83. The van der Waals surface area contributed by atoms with E-state index in [1.807, 2.05) is 39.0 Å². The number of benzene rings is 1. The van der Waals surface area contributed by atoms with Crippen molar-refractivity contribution in [1.29, 1.82) is 0 Å². The monoisotopic (exact) mass is 328 g/mol. The van der Waals surface area contributed by atoms with Crippen LogP contribution >= 0.6 is 15.9 Å². The number of likely N-dealkylation sites (N-methyl/N-ethyl adjacent to an activating group) is 1. The minimum Gasteiger partial charge on any atom is -0.483 e. The van der Waals surface area contributed by atoms with E-state index >= 15 is 0 Å². The molecule has 0 aromatic heterocycles. The predicted octanol–water partition coefficient (Wildman–Crippen LogP) is 2.71. The lowest BCUT2D eigenvalue weighted by Crippen LogP contribution is -2.36. The van der Waals surface area contributed by atoms with Gasteiger partial charge in [-0.25, -0.2) is 0 Å². The fourth-order valence-corrected chi connectivity index (χ4v) is 1.88. The van der Waals surface area contributed by atoms with Gasteiger partial charge in [0.2, 0.25) is 0 Å². The Bertz CT molecular complexity index is 447. The lowest BCUT2D eigenvalue weighted by molar-refractivity contribution is -0.133. The Kier molecular flexibility index (Phi) is 5.82. The van der Waals surface area contributed by atoms with Crippen LogP contribution < -0.4 is 10.5 Å². The van der Waals surface area contributed by atoms with E-state index < -0.39 is 0 Å². The van der Waals surface area contributed by atoms with Gasteiger partial charge in [0, 0.05) is 29.2 Å². The highest BCUT2D eigenvalue weighted by atomic mass is 79.9. The summed E-state index contributed by atoms with van der Waals surface area (Å²) in [4.78, 5) is 13.5. The van der Waals surface area contributed by atoms with Gasteiger partial charge in [-0.1, -0.05) is 22.0 Å². The average molecular weight is 329 g/mol. The zero-order valence-corrected chi connectivity index (χ0v) is 13.4. The molecule has 0 saturated carbocycles. The van der Waals surface area contributed by atoms with E-state index in [0.29, 0.717) is 5.75 Å². The van der Waals surface area contributed by atoms with E-state index in [2.05, 4.69) is 15.9 Å². The van der Waals surface area contributed by atoms with Crippen LogP contribution in [0.2, 0.25) is 0 Å². The number of amides is 1. The lowest BCUT2D eigenvalue weighted by atomic mass is 10.1. The molecule has 1 aromatic rings. The molecule has 0 saturated heterocycles. The summed E-state index contributed by atoms with van der Waals surface area (Å²) in [5.74, 6) is 0.598. The van der Waals surface area contributed by atoms with Crippen LogP contribution in [0.15, 0.2) is 22.7 Å². The van der Waals surface area contributed by atoms with Crippen molar-refractivity contribution < 1.29 is 9.53 Å². The molecule has 0 aliphatic rings. The predicted molar refractivity (Wildman–Crippen MR) is 80.1 cm³/mol. The molecule has 4 nitrogen and oxygen atoms in total. The Morgan fingerprint density at radius 1 is 1.42 bits per heavy atom. The van der Waals surface area contributed by atoms with Crippen molar-refractivity contribution in [3.8, 4) is 5.75 Å². The van der Waals surface area contributed by atoms with Gasteiger partial charge in [-0.15, -0.1) is 0 Å². The fourth-order valence-electron chi connectivity index (χ4n) is 1.54. The minimum atomic E-state index is -0.138. The Hall–Kier alpha value is -1.07. The van der Waals surface area contributed by atoms with E-state index in [1.165, 1.54) is 0 Å².